The summed E-state index contributed by atoms with van der Waals surface area (Å²) in [7, 11) is 4.22. The van der Waals surface area contributed by atoms with Gasteiger partial charge in [-0.15, -0.1) is 0 Å². The van der Waals surface area contributed by atoms with Gasteiger partial charge in [0, 0.05) is 25.1 Å². The summed E-state index contributed by atoms with van der Waals surface area (Å²) in [5, 5.41) is 10.8. The summed E-state index contributed by atoms with van der Waals surface area (Å²) in [6.07, 6.45) is 0.752. The van der Waals surface area contributed by atoms with Crippen molar-refractivity contribution < 1.29 is 10.0 Å². The van der Waals surface area contributed by atoms with Crippen molar-refractivity contribution in [2.75, 3.05) is 32.1 Å². The van der Waals surface area contributed by atoms with E-state index in [1.165, 1.54) is 4.90 Å². The largest absolute Gasteiger partial charge is 0.377 e. The van der Waals surface area contributed by atoms with E-state index < -0.39 is 5.60 Å². The Bertz CT molecular complexity index is 519. The van der Waals surface area contributed by atoms with E-state index in [0.717, 1.165) is 18.7 Å². The highest BCUT2D eigenvalue weighted by Crippen LogP contribution is 2.24. The molecule has 0 saturated carbocycles. The summed E-state index contributed by atoms with van der Waals surface area (Å²) in [6, 6.07) is 10.6. The molecule has 0 aliphatic carbocycles. The number of quaternary nitrogens is 1. The van der Waals surface area contributed by atoms with E-state index in [1.807, 2.05) is 25.2 Å². The van der Waals surface area contributed by atoms with Crippen LogP contribution in [-0.4, -0.2) is 43.9 Å². The zero-order chi connectivity index (χ0) is 15.5. The van der Waals surface area contributed by atoms with E-state index in [4.69, 9.17) is 0 Å². The second-order valence-electron chi connectivity index (χ2n) is 6.47. The van der Waals surface area contributed by atoms with Gasteiger partial charge in [-0.2, -0.15) is 0 Å². The fourth-order valence-electron chi connectivity index (χ4n) is 2.95. The van der Waals surface area contributed by atoms with Crippen LogP contribution < -0.4 is 9.80 Å². The highest BCUT2D eigenvalue weighted by Gasteiger charge is 2.42. The van der Waals surface area contributed by atoms with Crippen LogP contribution in [0.25, 0.3) is 0 Å². The molecule has 3 heteroatoms. The van der Waals surface area contributed by atoms with Gasteiger partial charge in [0.05, 0.1) is 26.2 Å². The molecule has 0 radical (unpaired) electrons. The number of hydrogen-bond donors (Lipinski definition) is 2. The van der Waals surface area contributed by atoms with E-state index in [-0.39, 0.29) is 5.92 Å². The molecule has 4 unspecified atom stereocenters. The molecule has 1 aliphatic heterocycles. The number of hydrogen-bond acceptors (Lipinski definition) is 2. The summed E-state index contributed by atoms with van der Waals surface area (Å²) in [6.45, 7) is 5.89. The molecule has 2 rings (SSSR count). The van der Waals surface area contributed by atoms with E-state index in [9.17, 15) is 5.11 Å². The van der Waals surface area contributed by atoms with Gasteiger partial charge >= 0.3 is 0 Å². The maximum absolute atomic E-state index is 10.8. The summed E-state index contributed by atoms with van der Waals surface area (Å²) in [4.78, 5) is 3.58. The Balaban J connectivity index is 2.01. The molecule has 21 heavy (non-hydrogen) atoms. The highest BCUT2D eigenvalue weighted by atomic mass is 16.3. The van der Waals surface area contributed by atoms with E-state index in [0.29, 0.717) is 12.6 Å². The van der Waals surface area contributed by atoms with Gasteiger partial charge in [-0.25, -0.2) is 0 Å². The van der Waals surface area contributed by atoms with Gasteiger partial charge in [0.15, 0.2) is 0 Å². The minimum atomic E-state index is -0.837. The first-order valence-corrected chi connectivity index (χ1v) is 7.73. The number of benzene rings is 1. The van der Waals surface area contributed by atoms with Crippen LogP contribution in [0.3, 0.4) is 0 Å². The number of aliphatic hydroxyl groups is 1. The zero-order valence-corrected chi connectivity index (χ0v) is 13.6. The van der Waals surface area contributed by atoms with Crippen molar-refractivity contribution in [2.24, 2.45) is 5.92 Å². The molecule has 4 atom stereocenters. The Morgan fingerprint density at radius 2 is 2.00 bits per heavy atom. The smallest absolute Gasteiger partial charge is 0.139 e. The summed E-state index contributed by atoms with van der Waals surface area (Å²) < 4.78 is 0. The Kier molecular flexibility index (Phi) is 4.92. The summed E-state index contributed by atoms with van der Waals surface area (Å²) in [5.41, 5.74) is 0.309. The molecule has 114 valence electrons. The molecule has 1 heterocycles. The number of likely N-dealkylation sites (tertiary alicyclic amines) is 1. The average Bonchev–Trinajstić information content (AvgIpc) is 2.46. The molecular weight excluding hydrogens is 260 g/mol. The monoisotopic (exact) mass is 287 g/mol. The van der Waals surface area contributed by atoms with Crippen LogP contribution in [0.2, 0.25) is 0 Å². The van der Waals surface area contributed by atoms with Crippen molar-refractivity contribution >= 4 is 5.69 Å². The fourth-order valence-corrected chi connectivity index (χ4v) is 2.95. The molecule has 0 amide bonds. The average molecular weight is 287 g/mol. The zero-order valence-electron chi connectivity index (χ0n) is 13.6. The van der Waals surface area contributed by atoms with Crippen molar-refractivity contribution in [1.82, 2.24) is 0 Å². The number of nitrogens with one attached hydrogen (secondary N) is 1. The summed E-state index contributed by atoms with van der Waals surface area (Å²) in [5.74, 6) is 6.54. The van der Waals surface area contributed by atoms with Crippen molar-refractivity contribution in [3.63, 3.8) is 0 Å². The third kappa shape index (κ3) is 3.78. The number of piperidine rings is 1. The van der Waals surface area contributed by atoms with Crippen LogP contribution in [-0.2, 0) is 0 Å². The molecule has 1 saturated heterocycles. The normalized spacial score (nSPS) is 32.1. The minimum Gasteiger partial charge on any atom is -0.377 e. The second-order valence-corrected chi connectivity index (χ2v) is 6.47. The number of nitrogens with zero attached hydrogens (tertiary/aromatic N) is 1. The molecule has 1 aliphatic rings. The van der Waals surface area contributed by atoms with Crippen LogP contribution in [0.4, 0.5) is 5.69 Å². The molecule has 0 bridgehead atoms. The Hall–Kier alpha value is -1.50. The van der Waals surface area contributed by atoms with Crippen LogP contribution >= 0.6 is 0 Å². The van der Waals surface area contributed by atoms with Gasteiger partial charge in [-0.05, 0) is 19.1 Å². The van der Waals surface area contributed by atoms with Crippen LogP contribution in [0, 0.1) is 17.8 Å². The maximum atomic E-state index is 10.8. The van der Waals surface area contributed by atoms with Gasteiger partial charge in [0.1, 0.15) is 5.60 Å². The van der Waals surface area contributed by atoms with Gasteiger partial charge in [-0.3, -0.25) is 0 Å². The van der Waals surface area contributed by atoms with Gasteiger partial charge in [0.2, 0.25) is 0 Å². The van der Waals surface area contributed by atoms with Crippen molar-refractivity contribution in [3.05, 3.63) is 30.3 Å². The molecule has 1 fully saturated rings. The van der Waals surface area contributed by atoms with Gasteiger partial charge in [0.25, 0.3) is 0 Å². The molecular formula is C18H27N2O+. The molecule has 0 aromatic heterocycles. The second kappa shape index (κ2) is 6.51. The van der Waals surface area contributed by atoms with Crippen molar-refractivity contribution in [3.8, 4) is 11.8 Å². The molecule has 0 spiro atoms. The fraction of sp³-hybridized carbons (Fsp3) is 0.556. The van der Waals surface area contributed by atoms with Gasteiger partial charge in [-0.1, -0.05) is 37.0 Å². The third-order valence-corrected chi connectivity index (χ3v) is 4.72. The lowest BCUT2D eigenvalue weighted by Crippen LogP contribution is -3.15. The number of para-hydroxylation sites is 1. The Morgan fingerprint density at radius 1 is 1.33 bits per heavy atom. The van der Waals surface area contributed by atoms with Crippen LogP contribution in [0.1, 0.15) is 20.3 Å². The topological polar surface area (TPSA) is 27.9 Å². The van der Waals surface area contributed by atoms with Gasteiger partial charge < -0.3 is 14.9 Å². The first-order chi connectivity index (χ1) is 9.92. The van der Waals surface area contributed by atoms with Crippen LogP contribution in [0.15, 0.2) is 30.3 Å². The lowest BCUT2D eigenvalue weighted by Gasteiger charge is -2.40. The first kappa shape index (κ1) is 15.9. The summed E-state index contributed by atoms with van der Waals surface area (Å²) >= 11 is 0. The maximum Gasteiger partial charge on any atom is 0.139 e. The lowest BCUT2D eigenvalue weighted by molar-refractivity contribution is -0.915. The van der Waals surface area contributed by atoms with Crippen LogP contribution in [0.5, 0.6) is 0 Å². The predicted octanol–water partition coefficient (Wildman–Crippen LogP) is 0.800. The van der Waals surface area contributed by atoms with Crippen molar-refractivity contribution in [2.45, 2.75) is 31.9 Å². The minimum absolute atomic E-state index is 0.211. The van der Waals surface area contributed by atoms with Crippen molar-refractivity contribution in [1.29, 1.82) is 0 Å². The standard InChI is InChI=1S/C18H26N2O/c1-15-14-20(4)16(2)13-18(15,21)11-8-12-19(3)17-9-6-5-7-10-17/h5-7,9-10,15-16,21H,12-14H2,1-4H3/p+1. The van der Waals surface area contributed by atoms with E-state index in [1.54, 1.807) is 0 Å². The lowest BCUT2D eigenvalue weighted by atomic mass is 9.79. The Morgan fingerprint density at radius 3 is 2.67 bits per heavy atom. The predicted molar refractivity (Wildman–Crippen MR) is 87.4 cm³/mol. The number of rotatable bonds is 2. The Labute approximate surface area is 128 Å². The molecule has 1 aromatic carbocycles. The SMILES string of the molecule is CC1CC(O)(C#CCN(C)c2ccccc2)C(C)C[NH+]1C. The quantitative estimate of drug-likeness (QED) is 0.788. The van der Waals surface area contributed by atoms with E-state index >= 15 is 0 Å². The first-order valence-electron chi connectivity index (χ1n) is 7.73. The molecule has 3 nitrogen and oxygen atoms in total. The van der Waals surface area contributed by atoms with E-state index in [2.05, 4.69) is 49.8 Å². The third-order valence-electron chi connectivity index (χ3n) is 4.72. The number of anilines is 1. The molecule has 2 N–H and O–H groups in total. The highest BCUT2D eigenvalue weighted by molar-refractivity contribution is 5.46. The molecule has 1 aromatic rings.